The number of allylic oxidation sites excluding steroid dienone is 1. The smallest absolute Gasteiger partial charge is 0.258 e. The number of nitrogens with zero attached hydrogens (tertiary/aromatic N) is 2. The van der Waals surface area contributed by atoms with Crippen molar-refractivity contribution in [1.29, 1.82) is 0 Å². The molecule has 8 heteroatoms. The molecule has 2 atom stereocenters. The third-order valence-corrected chi connectivity index (χ3v) is 6.81. The van der Waals surface area contributed by atoms with Gasteiger partial charge in [0.1, 0.15) is 5.84 Å². The second-order valence-electron chi connectivity index (χ2n) is 9.09. The summed E-state index contributed by atoms with van der Waals surface area (Å²) in [7, 11) is 1.83. The van der Waals surface area contributed by atoms with Crippen molar-refractivity contribution in [3.63, 3.8) is 0 Å². The van der Waals surface area contributed by atoms with Gasteiger partial charge in [0, 0.05) is 49.8 Å². The first-order valence-corrected chi connectivity index (χ1v) is 12.2. The summed E-state index contributed by atoms with van der Waals surface area (Å²) < 4.78 is 5.30. The highest BCUT2D eigenvalue weighted by molar-refractivity contribution is 6.08. The number of anilines is 1. The monoisotopic (exact) mass is 473 g/mol. The molecule has 0 saturated carbocycles. The zero-order chi connectivity index (χ0) is 24.2. The number of ether oxygens (including phenoxy) is 1. The number of amides is 2. The lowest BCUT2D eigenvalue weighted by molar-refractivity contribution is -0.124. The van der Waals surface area contributed by atoms with Gasteiger partial charge in [-0.15, -0.1) is 0 Å². The number of benzene rings is 2. The Labute approximate surface area is 205 Å². The van der Waals surface area contributed by atoms with Crippen LogP contribution in [-0.2, 0) is 9.53 Å². The van der Waals surface area contributed by atoms with Crippen molar-refractivity contribution in [2.45, 2.75) is 25.3 Å². The van der Waals surface area contributed by atoms with E-state index in [1.807, 2.05) is 55.7 Å². The molecule has 3 N–H and O–H groups in total. The predicted molar refractivity (Wildman–Crippen MR) is 135 cm³/mol. The van der Waals surface area contributed by atoms with Gasteiger partial charge in [0.2, 0.25) is 5.91 Å². The Hall–Kier alpha value is -3.49. The fourth-order valence-corrected chi connectivity index (χ4v) is 4.85. The Kier molecular flexibility index (Phi) is 6.92. The largest absolute Gasteiger partial charge is 0.381 e. The molecule has 0 bridgehead atoms. The lowest BCUT2D eigenvalue weighted by Crippen LogP contribution is -2.34. The zero-order valence-corrected chi connectivity index (χ0v) is 19.9. The number of nitrogens with one attached hydrogen (secondary N) is 3. The molecule has 2 aromatic rings. The second-order valence-corrected chi connectivity index (χ2v) is 9.09. The van der Waals surface area contributed by atoms with Crippen LogP contribution in [0.1, 0.15) is 46.8 Å². The molecule has 35 heavy (non-hydrogen) atoms. The van der Waals surface area contributed by atoms with Gasteiger partial charge in [0.05, 0.1) is 25.1 Å². The van der Waals surface area contributed by atoms with Gasteiger partial charge < -0.3 is 25.6 Å². The van der Waals surface area contributed by atoms with E-state index in [2.05, 4.69) is 22.0 Å². The fourth-order valence-electron chi connectivity index (χ4n) is 4.85. The number of fused-ring (bicyclic) bond motifs is 2. The molecule has 5 rings (SSSR count). The number of hydrogen-bond acceptors (Lipinski definition) is 5. The van der Waals surface area contributed by atoms with Gasteiger partial charge in [0.25, 0.3) is 5.91 Å². The predicted octanol–water partition coefficient (Wildman–Crippen LogP) is 2.73. The van der Waals surface area contributed by atoms with Crippen LogP contribution in [0, 0.1) is 5.92 Å². The SMILES string of the molecule is CN1C(=O)c2ccccc2C(NCCN=C2CCC(NC(=O)C3CCOC3)=CN2)c2ccccc21. The normalized spacial score (nSPS) is 22.7. The first-order valence-electron chi connectivity index (χ1n) is 12.2. The maximum absolute atomic E-state index is 13.1. The van der Waals surface area contributed by atoms with E-state index in [-0.39, 0.29) is 23.8 Å². The summed E-state index contributed by atoms with van der Waals surface area (Å²) in [5.41, 5.74) is 4.57. The first-order chi connectivity index (χ1) is 17.1. The van der Waals surface area contributed by atoms with Crippen LogP contribution in [0.3, 0.4) is 0 Å². The van der Waals surface area contributed by atoms with E-state index in [9.17, 15) is 9.59 Å². The van der Waals surface area contributed by atoms with Crippen LogP contribution >= 0.6 is 0 Å². The summed E-state index contributed by atoms with van der Waals surface area (Å²) in [4.78, 5) is 31.8. The number of aliphatic imine (C=N–C) groups is 1. The van der Waals surface area contributed by atoms with Gasteiger partial charge in [0.15, 0.2) is 0 Å². The summed E-state index contributed by atoms with van der Waals surface area (Å²) in [6.45, 7) is 2.42. The third-order valence-electron chi connectivity index (χ3n) is 6.81. The Balaban J connectivity index is 1.22. The minimum absolute atomic E-state index is 0.000798. The summed E-state index contributed by atoms with van der Waals surface area (Å²) in [5.74, 6) is 0.893. The van der Waals surface area contributed by atoms with E-state index in [0.29, 0.717) is 31.9 Å². The van der Waals surface area contributed by atoms with E-state index in [0.717, 1.165) is 47.6 Å². The van der Waals surface area contributed by atoms with Crippen molar-refractivity contribution in [2.75, 3.05) is 38.3 Å². The summed E-state index contributed by atoms with van der Waals surface area (Å²) in [6, 6.07) is 15.7. The van der Waals surface area contributed by atoms with Crippen molar-refractivity contribution in [1.82, 2.24) is 16.0 Å². The number of rotatable bonds is 6. The van der Waals surface area contributed by atoms with Crippen LogP contribution in [0.5, 0.6) is 0 Å². The van der Waals surface area contributed by atoms with Crippen molar-refractivity contribution < 1.29 is 14.3 Å². The Morgan fingerprint density at radius 1 is 1.14 bits per heavy atom. The average Bonchev–Trinajstić information content (AvgIpc) is 3.42. The van der Waals surface area contributed by atoms with Gasteiger partial charge in [-0.3, -0.25) is 14.6 Å². The number of hydrogen-bond donors (Lipinski definition) is 3. The molecule has 0 spiro atoms. The van der Waals surface area contributed by atoms with Gasteiger partial charge >= 0.3 is 0 Å². The standard InChI is InChI=1S/C27H31N5O3/c1-32-23-9-5-4-8-22(23)25(20-6-2-3-7-21(20)27(32)34)29-14-13-28-24-11-10-19(16-30-24)31-26(33)18-12-15-35-17-18/h2-9,16,18,25,29H,10-15,17H2,1H3,(H,28,30)(H,31,33). The minimum Gasteiger partial charge on any atom is -0.381 e. The highest BCUT2D eigenvalue weighted by Gasteiger charge is 2.30. The van der Waals surface area contributed by atoms with E-state index in [4.69, 9.17) is 9.73 Å². The van der Waals surface area contributed by atoms with Crippen LogP contribution in [0.4, 0.5) is 5.69 Å². The molecule has 2 unspecified atom stereocenters. The van der Waals surface area contributed by atoms with E-state index >= 15 is 0 Å². The molecule has 1 saturated heterocycles. The van der Waals surface area contributed by atoms with Crippen molar-refractivity contribution >= 4 is 23.3 Å². The van der Waals surface area contributed by atoms with Gasteiger partial charge in [-0.05, 0) is 36.1 Å². The molecular weight excluding hydrogens is 442 g/mol. The molecule has 0 radical (unpaired) electrons. The van der Waals surface area contributed by atoms with Crippen LogP contribution < -0.4 is 20.9 Å². The molecule has 0 aromatic heterocycles. The van der Waals surface area contributed by atoms with E-state index in [1.54, 1.807) is 4.90 Å². The fraction of sp³-hybridized carbons (Fsp3) is 0.370. The van der Waals surface area contributed by atoms with Crippen molar-refractivity contribution in [3.05, 3.63) is 77.1 Å². The van der Waals surface area contributed by atoms with Gasteiger partial charge in [-0.1, -0.05) is 36.4 Å². The lowest BCUT2D eigenvalue weighted by Gasteiger charge is -2.22. The molecule has 3 heterocycles. The topological polar surface area (TPSA) is 95.1 Å². The summed E-state index contributed by atoms with van der Waals surface area (Å²) in [5, 5.41) is 9.85. The van der Waals surface area contributed by atoms with Crippen LogP contribution in [0.2, 0.25) is 0 Å². The van der Waals surface area contributed by atoms with Crippen LogP contribution in [0.15, 0.2) is 65.4 Å². The van der Waals surface area contributed by atoms with Crippen molar-refractivity contribution in [2.24, 2.45) is 10.9 Å². The highest BCUT2D eigenvalue weighted by Crippen LogP contribution is 2.36. The average molecular weight is 474 g/mol. The molecule has 3 aliphatic heterocycles. The van der Waals surface area contributed by atoms with E-state index < -0.39 is 0 Å². The molecule has 1 fully saturated rings. The summed E-state index contributed by atoms with van der Waals surface area (Å²) >= 11 is 0. The van der Waals surface area contributed by atoms with E-state index in [1.165, 1.54) is 0 Å². The number of carbonyl (C=O) groups excluding carboxylic acids is 2. The number of para-hydroxylation sites is 1. The molecule has 182 valence electrons. The van der Waals surface area contributed by atoms with Crippen LogP contribution in [-0.4, -0.2) is 51.0 Å². The second kappa shape index (κ2) is 10.4. The Bertz CT molecular complexity index is 1170. The quantitative estimate of drug-likeness (QED) is 0.561. The number of amidine groups is 1. The van der Waals surface area contributed by atoms with Crippen LogP contribution in [0.25, 0.3) is 0 Å². The highest BCUT2D eigenvalue weighted by atomic mass is 16.5. The maximum Gasteiger partial charge on any atom is 0.258 e. The van der Waals surface area contributed by atoms with Crippen molar-refractivity contribution in [3.8, 4) is 0 Å². The molecule has 0 aliphatic carbocycles. The Morgan fingerprint density at radius 2 is 1.94 bits per heavy atom. The molecular formula is C27H31N5O3. The lowest BCUT2D eigenvalue weighted by atomic mass is 9.95. The van der Waals surface area contributed by atoms with Gasteiger partial charge in [-0.25, -0.2) is 0 Å². The molecule has 3 aliphatic rings. The number of carbonyl (C=O) groups is 2. The maximum atomic E-state index is 13.1. The molecule has 8 nitrogen and oxygen atoms in total. The molecule has 2 amide bonds. The zero-order valence-electron chi connectivity index (χ0n) is 19.9. The Morgan fingerprint density at radius 3 is 2.71 bits per heavy atom. The first kappa shape index (κ1) is 23.3. The third kappa shape index (κ3) is 4.99. The summed E-state index contributed by atoms with van der Waals surface area (Å²) in [6.07, 6.45) is 4.12. The molecule has 2 aromatic carbocycles. The minimum atomic E-state index is -0.0999. The van der Waals surface area contributed by atoms with Gasteiger partial charge in [-0.2, -0.15) is 0 Å².